The van der Waals surface area contributed by atoms with E-state index in [0.717, 1.165) is 22.2 Å². The molecular formula is C26H25N5O3. The average molecular weight is 456 g/mol. The van der Waals surface area contributed by atoms with Crippen LogP contribution in [0.1, 0.15) is 17.7 Å². The normalized spacial score (nSPS) is 15.7. The van der Waals surface area contributed by atoms with Gasteiger partial charge in [-0.15, -0.1) is 0 Å². The van der Waals surface area contributed by atoms with Crippen molar-refractivity contribution in [3.63, 3.8) is 0 Å². The van der Waals surface area contributed by atoms with Crippen molar-refractivity contribution >= 4 is 34.2 Å². The summed E-state index contributed by atoms with van der Waals surface area (Å²) in [6.07, 6.45) is 0.129. The minimum Gasteiger partial charge on any atom is -0.495 e. The van der Waals surface area contributed by atoms with Crippen LogP contribution in [0.2, 0.25) is 0 Å². The Bertz CT molecular complexity index is 1410. The predicted octanol–water partition coefficient (Wildman–Crippen LogP) is 4.04. The molecule has 1 saturated heterocycles. The average Bonchev–Trinajstić information content (AvgIpc) is 3.40. The van der Waals surface area contributed by atoms with E-state index in [9.17, 15) is 9.59 Å². The van der Waals surface area contributed by atoms with E-state index in [-0.39, 0.29) is 24.8 Å². The van der Waals surface area contributed by atoms with Crippen molar-refractivity contribution < 1.29 is 14.3 Å². The summed E-state index contributed by atoms with van der Waals surface area (Å²) in [6, 6.07) is 19.1. The number of fused-ring (bicyclic) bond motifs is 1. The van der Waals surface area contributed by atoms with Crippen molar-refractivity contribution in [3.8, 4) is 11.6 Å². The standard InChI is InChI=1S/C26H25N5O3/c1-16-8-10-22(34-3)21(12-16)30-15-19(14-25(30)32)26(33)28-24-13-17(2)29-31(24)23-11-9-18-6-4-5-7-20(18)27-23/h4-13,19H,14-15H2,1-3H3,(H,28,33). The van der Waals surface area contributed by atoms with Crippen LogP contribution in [0.5, 0.6) is 5.75 Å². The summed E-state index contributed by atoms with van der Waals surface area (Å²) in [5.74, 6) is 0.899. The number of hydrogen-bond acceptors (Lipinski definition) is 5. The van der Waals surface area contributed by atoms with Crippen LogP contribution in [0.4, 0.5) is 11.5 Å². The molecule has 8 nitrogen and oxygen atoms in total. The third-order valence-corrected chi connectivity index (χ3v) is 6.00. The number of benzene rings is 2. The minimum atomic E-state index is -0.495. The molecule has 1 fully saturated rings. The van der Waals surface area contributed by atoms with Gasteiger partial charge in [-0.25, -0.2) is 4.98 Å². The van der Waals surface area contributed by atoms with E-state index in [0.29, 0.717) is 23.1 Å². The smallest absolute Gasteiger partial charge is 0.230 e. The van der Waals surface area contributed by atoms with Gasteiger partial charge >= 0.3 is 0 Å². The molecule has 172 valence electrons. The van der Waals surface area contributed by atoms with Gasteiger partial charge in [0.15, 0.2) is 5.82 Å². The van der Waals surface area contributed by atoms with Crippen LogP contribution < -0.4 is 15.0 Å². The number of aryl methyl sites for hydroxylation is 2. The zero-order valence-electron chi connectivity index (χ0n) is 19.3. The Morgan fingerprint density at radius 2 is 1.91 bits per heavy atom. The fourth-order valence-corrected chi connectivity index (χ4v) is 4.29. The third-order valence-electron chi connectivity index (χ3n) is 6.00. The van der Waals surface area contributed by atoms with Gasteiger partial charge in [0.1, 0.15) is 11.6 Å². The lowest BCUT2D eigenvalue weighted by molar-refractivity contribution is -0.122. The van der Waals surface area contributed by atoms with Crippen LogP contribution in [-0.2, 0) is 9.59 Å². The van der Waals surface area contributed by atoms with E-state index < -0.39 is 5.92 Å². The highest BCUT2D eigenvalue weighted by Gasteiger charge is 2.36. The Labute approximate surface area is 197 Å². The number of pyridine rings is 1. The Hall–Kier alpha value is -4.20. The maximum atomic E-state index is 13.2. The van der Waals surface area contributed by atoms with E-state index >= 15 is 0 Å². The lowest BCUT2D eigenvalue weighted by Crippen LogP contribution is -2.29. The largest absolute Gasteiger partial charge is 0.495 e. The monoisotopic (exact) mass is 455 g/mol. The summed E-state index contributed by atoms with van der Waals surface area (Å²) >= 11 is 0. The lowest BCUT2D eigenvalue weighted by atomic mass is 10.1. The van der Waals surface area contributed by atoms with E-state index in [4.69, 9.17) is 4.74 Å². The summed E-state index contributed by atoms with van der Waals surface area (Å²) in [7, 11) is 1.57. The van der Waals surface area contributed by atoms with Gasteiger partial charge in [0.25, 0.3) is 0 Å². The number of amides is 2. The fraction of sp³-hybridized carbons (Fsp3) is 0.231. The number of ether oxygens (including phenoxy) is 1. The summed E-state index contributed by atoms with van der Waals surface area (Å²) in [4.78, 5) is 32.3. The van der Waals surface area contributed by atoms with Crippen LogP contribution in [-0.4, -0.2) is 40.2 Å². The second kappa shape index (κ2) is 8.62. The SMILES string of the molecule is COc1ccc(C)cc1N1CC(C(=O)Nc2cc(C)nn2-c2ccc3ccccc3n2)CC1=O. The number of rotatable bonds is 5. The third kappa shape index (κ3) is 3.98. The second-order valence-corrected chi connectivity index (χ2v) is 8.51. The molecule has 0 saturated carbocycles. The molecule has 2 aromatic heterocycles. The molecule has 1 aliphatic heterocycles. The van der Waals surface area contributed by atoms with Crippen molar-refractivity contribution in [2.45, 2.75) is 20.3 Å². The van der Waals surface area contributed by atoms with Crippen molar-refractivity contribution in [1.82, 2.24) is 14.8 Å². The number of carbonyl (C=O) groups is 2. The van der Waals surface area contributed by atoms with Gasteiger partial charge < -0.3 is 15.0 Å². The van der Waals surface area contributed by atoms with Gasteiger partial charge in [-0.2, -0.15) is 9.78 Å². The molecule has 2 aromatic carbocycles. The van der Waals surface area contributed by atoms with Gasteiger partial charge in [0, 0.05) is 24.4 Å². The molecule has 0 bridgehead atoms. The zero-order valence-corrected chi connectivity index (χ0v) is 19.3. The number of nitrogens with one attached hydrogen (secondary N) is 1. The molecule has 2 amide bonds. The quantitative estimate of drug-likeness (QED) is 0.491. The Balaban J connectivity index is 1.38. The van der Waals surface area contributed by atoms with E-state index in [1.54, 1.807) is 22.8 Å². The Morgan fingerprint density at radius 1 is 1.09 bits per heavy atom. The Morgan fingerprint density at radius 3 is 2.74 bits per heavy atom. The number of hydrogen-bond donors (Lipinski definition) is 1. The van der Waals surface area contributed by atoms with Crippen molar-refractivity contribution in [2.75, 3.05) is 23.9 Å². The number of para-hydroxylation sites is 1. The van der Waals surface area contributed by atoms with Gasteiger partial charge in [-0.1, -0.05) is 24.3 Å². The highest BCUT2D eigenvalue weighted by atomic mass is 16.5. The zero-order chi connectivity index (χ0) is 23.8. The van der Waals surface area contributed by atoms with Crippen LogP contribution in [0.25, 0.3) is 16.7 Å². The maximum absolute atomic E-state index is 13.2. The number of carbonyl (C=O) groups excluding carboxylic acids is 2. The molecule has 5 rings (SSSR count). The van der Waals surface area contributed by atoms with E-state index in [2.05, 4.69) is 15.4 Å². The molecule has 0 spiro atoms. The van der Waals surface area contributed by atoms with Crippen molar-refractivity contribution in [2.24, 2.45) is 5.92 Å². The molecule has 1 unspecified atom stereocenters. The van der Waals surface area contributed by atoms with Gasteiger partial charge in [0.05, 0.1) is 29.9 Å². The molecule has 8 heteroatoms. The fourth-order valence-electron chi connectivity index (χ4n) is 4.29. The molecule has 3 heterocycles. The first-order valence-electron chi connectivity index (χ1n) is 11.1. The number of aromatic nitrogens is 3. The predicted molar refractivity (Wildman–Crippen MR) is 130 cm³/mol. The Kier molecular flexibility index (Phi) is 5.49. The molecular weight excluding hydrogens is 430 g/mol. The van der Waals surface area contributed by atoms with Gasteiger partial charge in [-0.3, -0.25) is 9.59 Å². The van der Waals surface area contributed by atoms with Crippen LogP contribution in [0, 0.1) is 19.8 Å². The molecule has 1 N–H and O–H groups in total. The van der Waals surface area contributed by atoms with Gasteiger partial charge in [-0.05, 0) is 49.7 Å². The topological polar surface area (TPSA) is 89.3 Å². The van der Waals surface area contributed by atoms with Crippen molar-refractivity contribution in [1.29, 1.82) is 0 Å². The first-order chi connectivity index (χ1) is 16.4. The van der Waals surface area contributed by atoms with Crippen molar-refractivity contribution in [3.05, 3.63) is 71.9 Å². The highest BCUT2D eigenvalue weighted by Crippen LogP contribution is 2.34. The highest BCUT2D eigenvalue weighted by molar-refractivity contribution is 6.04. The first kappa shape index (κ1) is 21.6. The molecule has 4 aromatic rings. The van der Waals surface area contributed by atoms with Crippen LogP contribution in [0.3, 0.4) is 0 Å². The molecule has 1 aliphatic rings. The van der Waals surface area contributed by atoms with Crippen LogP contribution >= 0.6 is 0 Å². The first-order valence-corrected chi connectivity index (χ1v) is 11.1. The summed E-state index contributed by atoms with van der Waals surface area (Å²) in [5.41, 5.74) is 3.29. The van der Waals surface area contributed by atoms with E-state index in [1.165, 1.54) is 0 Å². The van der Waals surface area contributed by atoms with Crippen LogP contribution in [0.15, 0.2) is 60.7 Å². The summed E-state index contributed by atoms with van der Waals surface area (Å²) in [5, 5.41) is 8.51. The van der Waals surface area contributed by atoms with Gasteiger partial charge in [0.2, 0.25) is 11.8 Å². The maximum Gasteiger partial charge on any atom is 0.230 e. The minimum absolute atomic E-state index is 0.107. The lowest BCUT2D eigenvalue weighted by Gasteiger charge is -2.20. The summed E-state index contributed by atoms with van der Waals surface area (Å²) in [6.45, 7) is 4.10. The number of anilines is 2. The molecule has 0 radical (unpaired) electrons. The summed E-state index contributed by atoms with van der Waals surface area (Å²) < 4.78 is 7.06. The molecule has 1 atom stereocenters. The molecule has 34 heavy (non-hydrogen) atoms. The van der Waals surface area contributed by atoms with E-state index in [1.807, 2.05) is 68.4 Å². The second-order valence-electron chi connectivity index (χ2n) is 8.51. The molecule has 0 aliphatic carbocycles. The number of nitrogens with zero attached hydrogens (tertiary/aromatic N) is 4. The number of methoxy groups -OCH3 is 1.